The van der Waals surface area contributed by atoms with Gasteiger partial charge in [-0.15, -0.1) is 0 Å². The first-order valence-electron chi connectivity index (χ1n) is 8.18. The number of hydrogen-bond donors (Lipinski definition) is 1. The second-order valence-electron chi connectivity index (χ2n) is 6.24. The summed E-state index contributed by atoms with van der Waals surface area (Å²) in [6, 6.07) is 0.602. The van der Waals surface area contributed by atoms with E-state index in [2.05, 4.69) is 19.2 Å². The lowest BCUT2D eigenvalue weighted by atomic mass is 9.77. The van der Waals surface area contributed by atoms with Gasteiger partial charge in [0.2, 0.25) is 0 Å². The van der Waals surface area contributed by atoms with Gasteiger partial charge in [-0.1, -0.05) is 39.0 Å². The zero-order valence-corrected chi connectivity index (χ0v) is 12.3. The van der Waals surface area contributed by atoms with Crippen molar-refractivity contribution in [3.8, 4) is 0 Å². The minimum Gasteiger partial charge on any atom is -0.374 e. The summed E-state index contributed by atoms with van der Waals surface area (Å²) in [5.41, 5.74) is 0.158. The van der Waals surface area contributed by atoms with Crippen molar-refractivity contribution in [3.05, 3.63) is 0 Å². The van der Waals surface area contributed by atoms with Crippen molar-refractivity contribution >= 4 is 0 Å². The van der Waals surface area contributed by atoms with E-state index in [9.17, 15) is 0 Å². The summed E-state index contributed by atoms with van der Waals surface area (Å²) in [6.07, 6.45) is 12.1. The van der Waals surface area contributed by atoms with Crippen LogP contribution in [0.15, 0.2) is 0 Å². The first kappa shape index (κ1) is 14.3. The largest absolute Gasteiger partial charge is 0.374 e. The summed E-state index contributed by atoms with van der Waals surface area (Å²) in [5, 5.41) is 3.81. The van der Waals surface area contributed by atoms with Crippen molar-refractivity contribution in [2.24, 2.45) is 5.92 Å². The van der Waals surface area contributed by atoms with E-state index < -0.39 is 0 Å². The average Bonchev–Trinajstić information content (AvgIpc) is 3.20. The van der Waals surface area contributed by atoms with Crippen molar-refractivity contribution in [1.82, 2.24) is 5.32 Å². The number of rotatable bonds is 8. The molecule has 2 aliphatic rings. The minimum absolute atomic E-state index is 0.158. The summed E-state index contributed by atoms with van der Waals surface area (Å²) in [4.78, 5) is 0. The molecule has 0 radical (unpaired) electrons. The molecule has 0 heterocycles. The molecule has 0 bridgehead atoms. The van der Waals surface area contributed by atoms with Crippen LogP contribution >= 0.6 is 0 Å². The zero-order chi connectivity index (χ0) is 12.8. The Morgan fingerprint density at radius 2 is 1.89 bits per heavy atom. The van der Waals surface area contributed by atoms with Crippen molar-refractivity contribution < 1.29 is 4.74 Å². The van der Waals surface area contributed by atoms with Gasteiger partial charge < -0.3 is 10.1 Å². The normalized spacial score (nSPS) is 25.0. The highest BCUT2D eigenvalue weighted by Gasteiger charge is 2.42. The van der Waals surface area contributed by atoms with E-state index in [4.69, 9.17) is 4.74 Å². The molecule has 2 saturated carbocycles. The van der Waals surface area contributed by atoms with Crippen LogP contribution in [-0.4, -0.2) is 24.8 Å². The van der Waals surface area contributed by atoms with Crippen molar-refractivity contribution in [1.29, 1.82) is 0 Å². The Kier molecular flexibility index (Phi) is 5.50. The topological polar surface area (TPSA) is 21.3 Å². The van der Waals surface area contributed by atoms with Crippen LogP contribution < -0.4 is 5.32 Å². The molecule has 2 heteroatoms. The lowest BCUT2D eigenvalue weighted by Crippen LogP contribution is -2.54. The zero-order valence-electron chi connectivity index (χ0n) is 12.3. The predicted molar refractivity (Wildman–Crippen MR) is 76.9 cm³/mol. The first-order valence-corrected chi connectivity index (χ1v) is 8.18. The molecule has 0 amide bonds. The summed E-state index contributed by atoms with van der Waals surface area (Å²) < 4.78 is 6.30. The van der Waals surface area contributed by atoms with E-state index in [0.29, 0.717) is 6.04 Å². The third kappa shape index (κ3) is 3.71. The number of nitrogens with one attached hydrogen (secondary N) is 1. The maximum Gasteiger partial charge on any atom is 0.0834 e. The molecule has 0 aromatic carbocycles. The molecular weight excluding hydrogens is 222 g/mol. The molecule has 18 heavy (non-hydrogen) atoms. The highest BCUT2D eigenvalue weighted by Crippen LogP contribution is 2.41. The van der Waals surface area contributed by atoms with Crippen LogP contribution in [0.5, 0.6) is 0 Å². The molecule has 0 aliphatic heterocycles. The Bertz CT molecular complexity index is 226. The van der Waals surface area contributed by atoms with E-state index in [1.165, 1.54) is 57.8 Å². The third-order valence-electron chi connectivity index (χ3n) is 4.67. The number of ether oxygens (including phenoxy) is 1. The molecule has 2 fully saturated rings. The standard InChI is InChI=1S/C16H31NO/c1-3-12-17-15(13-14-8-9-14)16(18-4-2)10-6-5-7-11-16/h14-15,17H,3-13H2,1-2H3. The Labute approximate surface area is 113 Å². The third-order valence-corrected chi connectivity index (χ3v) is 4.67. The maximum absolute atomic E-state index is 6.30. The van der Waals surface area contributed by atoms with Gasteiger partial charge in [0.25, 0.3) is 0 Å². The lowest BCUT2D eigenvalue weighted by Gasteiger charge is -2.44. The Morgan fingerprint density at radius 1 is 1.17 bits per heavy atom. The van der Waals surface area contributed by atoms with E-state index in [1.54, 1.807) is 0 Å². The molecule has 0 saturated heterocycles. The highest BCUT2D eigenvalue weighted by atomic mass is 16.5. The van der Waals surface area contributed by atoms with Crippen molar-refractivity contribution in [2.75, 3.05) is 13.2 Å². The maximum atomic E-state index is 6.30. The molecule has 2 aliphatic carbocycles. The highest BCUT2D eigenvalue weighted by molar-refractivity contribution is 4.98. The van der Waals surface area contributed by atoms with Gasteiger partial charge in [-0.05, 0) is 45.1 Å². The fourth-order valence-electron chi connectivity index (χ4n) is 3.52. The molecule has 1 N–H and O–H groups in total. The van der Waals surface area contributed by atoms with E-state index >= 15 is 0 Å². The van der Waals surface area contributed by atoms with Gasteiger partial charge >= 0.3 is 0 Å². The van der Waals surface area contributed by atoms with Crippen LogP contribution in [0.3, 0.4) is 0 Å². The SMILES string of the molecule is CCCNC(CC1CC1)C1(OCC)CCCCC1. The Morgan fingerprint density at radius 3 is 2.44 bits per heavy atom. The van der Waals surface area contributed by atoms with Gasteiger partial charge in [-0.25, -0.2) is 0 Å². The fourth-order valence-corrected chi connectivity index (χ4v) is 3.52. The summed E-state index contributed by atoms with van der Waals surface area (Å²) >= 11 is 0. The molecule has 106 valence electrons. The summed E-state index contributed by atoms with van der Waals surface area (Å²) in [6.45, 7) is 6.43. The molecule has 0 aromatic rings. The van der Waals surface area contributed by atoms with Gasteiger partial charge in [-0.2, -0.15) is 0 Å². The smallest absolute Gasteiger partial charge is 0.0834 e. The molecule has 0 spiro atoms. The second-order valence-corrected chi connectivity index (χ2v) is 6.24. The van der Waals surface area contributed by atoms with Crippen LogP contribution in [0, 0.1) is 5.92 Å². The average molecular weight is 253 g/mol. The minimum atomic E-state index is 0.158. The molecule has 1 unspecified atom stereocenters. The van der Waals surface area contributed by atoms with E-state index in [-0.39, 0.29) is 5.60 Å². The predicted octanol–water partition coefficient (Wildman–Crippen LogP) is 3.89. The van der Waals surface area contributed by atoms with Gasteiger partial charge in [0.1, 0.15) is 0 Å². The monoisotopic (exact) mass is 253 g/mol. The van der Waals surface area contributed by atoms with Crippen LogP contribution in [0.2, 0.25) is 0 Å². The van der Waals surface area contributed by atoms with Crippen LogP contribution in [0.1, 0.15) is 71.6 Å². The Balaban J connectivity index is 2.00. The molecule has 1 atom stereocenters. The van der Waals surface area contributed by atoms with Gasteiger partial charge in [0.05, 0.1) is 5.60 Å². The van der Waals surface area contributed by atoms with Crippen LogP contribution in [-0.2, 0) is 4.74 Å². The molecule has 2 nitrogen and oxygen atoms in total. The first-order chi connectivity index (χ1) is 8.80. The lowest BCUT2D eigenvalue weighted by molar-refractivity contribution is -0.0924. The second kappa shape index (κ2) is 6.91. The summed E-state index contributed by atoms with van der Waals surface area (Å²) in [7, 11) is 0. The van der Waals surface area contributed by atoms with Gasteiger partial charge in [0, 0.05) is 12.6 Å². The molecular formula is C16H31NO. The molecule has 2 rings (SSSR count). The van der Waals surface area contributed by atoms with Gasteiger partial charge in [-0.3, -0.25) is 0 Å². The van der Waals surface area contributed by atoms with Gasteiger partial charge in [0.15, 0.2) is 0 Å². The Hall–Kier alpha value is -0.0800. The summed E-state index contributed by atoms with van der Waals surface area (Å²) in [5.74, 6) is 0.985. The van der Waals surface area contributed by atoms with E-state index in [0.717, 1.165) is 19.1 Å². The molecule has 0 aromatic heterocycles. The van der Waals surface area contributed by atoms with Crippen molar-refractivity contribution in [2.45, 2.75) is 83.3 Å². The van der Waals surface area contributed by atoms with Crippen molar-refractivity contribution in [3.63, 3.8) is 0 Å². The quantitative estimate of drug-likeness (QED) is 0.708. The van der Waals surface area contributed by atoms with Crippen LogP contribution in [0.25, 0.3) is 0 Å². The van der Waals surface area contributed by atoms with E-state index in [1.807, 2.05) is 0 Å². The van der Waals surface area contributed by atoms with Crippen LogP contribution in [0.4, 0.5) is 0 Å². The number of hydrogen-bond acceptors (Lipinski definition) is 2. The fraction of sp³-hybridized carbons (Fsp3) is 1.00.